The number of ketones is 2. The zero-order valence-corrected chi connectivity index (χ0v) is 19.3. The van der Waals surface area contributed by atoms with Crippen LogP contribution in [0.2, 0.25) is 0 Å². The van der Waals surface area contributed by atoms with E-state index in [0.29, 0.717) is 0 Å². The highest BCUT2D eigenvalue weighted by Gasteiger charge is 1.98. The van der Waals surface area contributed by atoms with Gasteiger partial charge in [-0.15, -0.1) is 0 Å². The predicted molar refractivity (Wildman–Crippen MR) is 135 cm³/mol. The van der Waals surface area contributed by atoms with Gasteiger partial charge in [0.15, 0.2) is 11.6 Å². The summed E-state index contributed by atoms with van der Waals surface area (Å²) >= 11 is 0. The van der Waals surface area contributed by atoms with Crippen LogP contribution in [0.4, 0.5) is 0 Å². The Morgan fingerprint density at radius 2 is 0.903 bits per heavy atom. The Morgan fingerprint density at radius 3 is 1.29 bits per heavy atom. The summed E-state index contributed by atoms with van der Waals surface area (Å²) in [6.07, 6.45) is 6.80. The molecule has 0 aliphatic heterocycles. The first kappa shape index (κ1) is 27.5. The van der Waals surface area contributed by atoms with Crippen molar-refractivity contribution in [2.24, 2.45) is 0 Å². The van der Waals surface area contributed by atoms with E-state index in [9.17, 15) is 9.59 Å². The highest BCUT2D eigenvalue weighted by atomic mass is 16.1. The molecule has 0 amide bonds. The first-order chi connectivity index (χ1) is 15.1. The first-order valence-electron chi connectivity index (χ1n) is 10.7. The van der Waals surface area contributed by atoms with E-state index in [4.69, 9.17) is 0 Å². The van der Waals surface area contributed by atoms with Crippen molar-refractivity contribution in [2.75, 3.05) is 0 Å². The van der Waals surface area contributed by atoms with Gasteiger partial charge in [0, 0.05) is 5.56 Å². The predicted octanol–water partition coefficient (Wildman–Crippen LogP) is 7.92. The largest absolute Gasteiger partial charge is 0.295 e. The smallest absolute Gasteiger partial charge is 0.185 e. The zero-order valence-electron chi connectivity index (χ0n) is 19.3. The molecule has 3 aromatic carbocycles. The van der Waals surface area contributed by atoms with Gasteiger partial charge in [0.25, 0.3) is 0 Å². The molecule has 3 aromatic rings. The Labute approximate surface area is 188 Å². The molecule has 0 atom stereocenters. The van der Waals surface area contributed by atoms with Crippen molar-refractivity contribution in [3.05, 3.63) is 120 Å². The average Bonchev–Trinajstić information content (AvgIpc) is 2.86. The number of rotatable bonds is 5. The number of allylic oxidation sites excluding steroid dienone is 2. The summed E-state index contributed by atoms with van der Waals surface area (Å²) < 4.78 is 0. The van der Waals surface area contributed by atoms with Crippen molar-refractivity contribution in [2.45, 2.75) is 34.6 Å². The van der Waals surface area contributed by atoms with Gasteiger partial charge in [-0.25, -0.2) is 0 Å². The van der Waals surface area contributed by atoms with Crippen LogP contribution in [0.5, 0.6) is 0 Å². The SMILES string of the molecule is CC.CC.CC(=O)C=Cc1ccccc1.O=C(C=Cc1ccccc1)c1ccccc1. The molecule has 0 saturated carbocycles. The summed E-state index contributed by atoms with van der Waals surface area (Å²) in [5, 5.41) is 0. The van der Waals surface area contributed by atoms with Crippen LogP contribution in [0.3, 0.4) is 0 Å². The number of benzene rings is 3. The van der Waals surface area contributed by atoms with Crippen LogP contribution in [0.1, 0.15) is 56.1 Å². The van der Waals surface area contributed by atoms with Crippen LogP contribution in [0.25, 0.3) is 12.2 Å². The summed E-state index contributed by atoms with van der Waals surface area (Å²) in [5.41, 5.74) is 2.81. The molecule has 0 bridgehead atoms. The molecule has 0 spiro atoms. The van der Waals surface area contributed by atoms with E-state index >= 15 is 0 Å². The van der Waals surface area contributed by atoms with Crippen LogP contribution in [0, 0.1) is 0 Å². The van der Waals surface area contributed by atoms with Crippen LogP contribution < -0.4 is 0 Å². The first-order valence-corrected chi connectivity index (χ1v) is 10.7. The molecular weight excluding hydrogens is 380 g/mol. The molecule has 0 aliphatic rings. The van der Waals surface area contributed by atoms with Gasteiger partial charge >= 0.3 is 0 Å². The molecule has 3 rings (SSSR count). The fraction of sp³-hybridized carbons (Fsp3) is 0.172. The van der Waals surface area contributed by atoms with Crippen molar-refractivity contribution in [1.29, 1.82) is 0 Å². The second-order valence-corrected chi connectivity index (χ2v) is 5.83. The van der Waals surface area contributed by atoms with E-state index in [2.05, 4.69) is 0 Å². The lowest BCUT2D eigenvalue weighted by Crippen LogP contribution is -1.92. The Bertz CT molecular complexity index is 893. The maximum Gasteiger partial charge on any atom is 0.185 e. The lowest BCUT2D eigenvalue weighted by Gasteiger charge is -1.94. The van der Waals surface area contributed by atoms with Crippen molar-refractivity contribution < 1.29 is 9.59 Å². The number of carbonyl (C=O) groups excluding carboxylic acids is 2. The Hall–Kier alpha value is -3.52. The number of hydrogen-bond donors (Lipinski definition) is 0. The molecule has 162 valence electrons. The van der Waals surface area contributed by atoms with E-state index in [1.165, 1.54) is 0 Å². The molecule has 2 heteroatoms. The molecule has 31 heavy (non-hydrogen) atoms. The van der Waals surface area contributed by atoms with Gasteiger partial charge in [-0.1, -0.05) is 131 Å². The van der Waals surface area contributed by atoms with Gasteiger partial charge in [0.1, 0.15) is 0 Å². The minimum atomic E-state index is 0.0319. The molecule has 0 N–H and O–H groups in total. The van der Waals surface area contributed by atoms with Crippen molar-refractivity contribution in [3.8, 4) is 0 Å². The van der Waals surface area contributed by atoms with Crippen molar-refractivity contribution >= 4 is 23.7 Å². The van der Waals surface area contributed by atoms with Crippen molar-refractivity contribution in [3.63, 3.8) is 0 Å². The molecule has 0 aromatic heterocycles. The lowest BCUT2D eigenvalue weighted by atomic mass is 10.1. The summed E-state index contributed by atoms with van der Waals surface area (Å²) in [5.74, 6) is 0.110. The fourth-order valence-corrected chi connectivity index (χ4v) is 2.21. The van der Waals surface area contributed by atoms with Gasteiger partial charge < -0.3 is 0 Å². The van der Waals surface area contributed by atoms with Gasteiger partial charge in [0.2, 0.25) is 0 Å². The third-order valence-corrected chi connectivity index (χ3v) is 3.60. The minimum absolute atomic E-state index is 0.0319. The summed E-state index contributed by atoms with van der Waals surface area (Å²) in [6, 6.07) is 28.8. The second-order valence-electron chi connectivity index (χ2n) is 5.83. The standard InChI is InChI=1S/C15H12O.C10H10O.2C2H6/c16-15(14-9-5-2-6-10-14)12-11-13-7-3-1-4-8-13;1-9(11)7-8-10-5-3-2-4-6-10;2*1-2/h1-12H;2-8H,1H3;2*1-2H3. The van der Waals surface area contributed by atoms with E-state index in [-0.39, 0.29) is 11.6 Å². The highest BCUT2D eigenvalue weighted by molar-refractivity contribution is 6.06. The number of carbonyl (C=O) groups is 2. The lowest BCUT2D eigenvalue weighted by molar-refractivity contribution is -0.112. The Balaban J connectivity index is 0.000000526. The topological polar surface area (TPSA) is 34.1 Å². The monoisotopic (exact) mass is 414 g/mol. The average molecular weight is 415 g/mol. The van der Waals surface area contributed by atoms with Crippen molar-refractivity contribution in [1.82, 2.24) is 0 Å². The maximum atomic E-state index is 11.7. The fourth-order valence-electron chi connectivity index (χ4n) is 2.21. The van der Waals surface area contributed by atoms with Crippen LogP contribution in [-0.2, 0) is 4.79 Å². The second kappa shape index (κ2) is 18.5. The third kappa shape index (κ3) is 13.3. The highest BCUT2D eigenvalue weighted by Crippen LogP contribution is 2.05. The molecule has 0 fully saturated rings. The molecular formula is C29H34O2. The van der Waals surface area contributed by atoms with Crippen LogP contribution in [-0.4, -0.2) is 11.6 Å². The minimum Gasteiger partial charge on any atom is -0.295 e. The molecule has 0 radical (unpaired) electrons. The Morgan fingerprint density at radius 1 is 0.548 bits per heavy atom. The summed E-state index contributed by atoms with van der Waals surface area (Å²) in [4.78, 5) is 22.3. The normalized spacial score (nSPS) is 9.45. The quantitative estimate of drug-likeness (QED) is 0.314. The number of hydrogen-bond acceptors (Lipinski definition) is 2. The molecule has 0 saturated heterocycles. The third-order valence-electron chi connectivity index (χ3n) is 3.60. The van der Waals surface area contributed by atoms with Gasteiger partial charge in [-0.3, -0.25) is 9.59 Å². The van der Waals surface area contributed by atoms with E-state index < -0.39 is 0 Å². The summed E-state index contributed by atoms with van der Waals surface area (Å²) in [6.45, 7) is 9.54. The van der Waals surface area contributed by atoms with Crippen LogP contribution in [0.15, 0.2) is 103 Å². The maximum absolute atomic E-state index is 11.7. The molecule has 0 aliphatic carbocycles. The van der Waals surface area contributed by atoms with Gasteiger partial charge in [-0.2, -0.15) is 0 Å². The Kier molecular flexibility index (Phi) is 16.4. The van der Waals surface area contributed by atoms with E-state index in [1.54, 1.807) is 19.1 Å². The summed E-state index contributed by atoms with van der Waals surface area (Å²) in [7, 11) is 0. The van der Waals surface area contributed by atoms with Crippen LogP contribution >= 0.6 is 0 Å². The molecule has 0 heterocycles. The van der Waals surface area contributed by atoms with E-state index in [1.807, 2.05) is 131 Å². The zero-order chi connectivity index (χ0) is 23.3. The molecule has 2 nitrogen and oxygen atoms in total. The van der Waals surface area contributed by atoms with E-state index in [0.717, 1.165) is 16.7 Å². The van der Waals surface area contributed by atoms with Gasteiger partial charge in [-0.05, 0) is 30.2 Å². The van der Waals surface area contributed by atoms with Gasteiger partial charge in [0.05, 0.1) is 0 Å². The molecule has 0 unspecified atom stereocenters.